The third-order valence-corrected chi connectivity index (χ3v) is 3.39. The molecule has 0 radical (unpaired) electrons. The van der Waals surface area contributed by atoms with Crippen molar-refractivity contribution < 1.29 is 27.9 Å². The number of allylic oxidation sites excluding steroid dienone is 1. The van der Waals surface area contributed by atoms with Crippen LogP contribution in [0.5, 0.6) is 5.75 Å². The average molecular weight is 370 g/mol. The molecule has 0 heterocycles. The third kappa shape index (κ3) is 5.09. The predicted molar refractivity (Wildman–Crippen MR) is 87.6 cm³/mol. The van der Waals surface area contributed by atoms with Gasteiger partial charge in [0.25, 0.3) is 0 Å². The van der Waals surface area contributed by atoms with Gasteiger partial charge in [0.15, 0.2) is 5.78 Å². The highest BCUT2D eigenvalue weighted by Gasteiger charge is 2.38. The van der Waals surface area contributed by atoms with Crippen LogP contribution in [-0.4, -0.2) is 23.0 Å². The maximum atomic E-state index is 12.2. The molecule has 0 aromatic heterocycles. The minimum atomic E-state index is -4.98. The molecule has 0 spiro atoms. The van der Waals surface area contributed by atoms with Crippen molar-refractivity contribution in [2.75, 3.05) is 5.32 Å². The zero-order chi connectivity index (χ0) is 18.6. The summed E-state index contributed by atoms with van der Waals surface area (Å²) in [4.78, 5) is 22.8. The summed E-state index contributed by atoms with van der Waals surface area (Å²) in [6, 6.07) is 9.39. The molecule has 2 aromatic carbocycles. The molecule has 0 aliphatic carbocycles. The molecule has 0 bridgehead atoms. The van der Waals surface area contributed by atoms with Gasteiger partial charge in [-0.3, -0.25) is 9.59 Å². The first-order chi connectivity index (χ1) is 11.7. The van der Waals surface area contributed by atoms with Crippen LogP contribution in [-0.2, 0) is 4.79 Å². The second-order valence-electron chi connectivity index (χ2n) is 4.94. The van der Waals surface area contributed by atoms with Crippen LogP contribution in [0.2, 0.25) is 5.02 Å². The van der Waals surface area contributed by atoms with Gasteiger partial charge in [0.2, 0.25) is 0 Å². The van der Waals surface area contributed by atoms with Crippen LogP contribution < -0.4 is 5.32 Å². The zero-order valence-corrected chi connectivity index (χ0v) is 13.2. The lowest BCUT2D eigenvalue weighted by molar-refractivity contribution is -0.167. The normalized spacial score (nSPS) is 11.5. The van der Waals surface area contributed by atoms with E-state index in [9.17, 15) is 27.9 Å². The molecule has 0 aliphatic heterocycles. The quantitative estimate of drug-likeness (QED) is 0.618. The molecule has 0 aliphatic rings. The number of carbonyl (C=O) groups excluding carboxylic acids is 2. The van der Waals surface area contributed by atoms with E-state index in [1.165, 1.54) is 48.6 Å². The van der Waals surface area contributed by atoms with Crippen LogP contribution in [0.3, 0.4) is 0 Å². The van der Waals surface area contributed by atoms with Gasteiger partial charge in [-0.1, -0.05) is 23.7 Å². The first kappa shape index (κ1) is 18.5. The molecule has 0 unspecified atom stereocenters. The predicted octanol–water partition coefficient (Wildman–Crippen LogP) is 4.44. The highest BCUT2D eigenvalue weighted by atomic mass is 35.5. The van der Waals surface area contributed by atoms with Gasteiger partial charge >= 0.3 is 12.1 Å². The number of rotatable bonds is 4. The summed E-state index contributed by atoms with van der Waals surface area (Å²) < 4.78 is 36.5. The van der Waals surface area contributed by atoms with Gasteiger partial charge in [0.1, 0.15) is 5.75 Å². The van der Waals surface area contributed by atoms with E-state index in [-0.39, 0.29) is 22.0 Å². The van der Waals surface area contributed by atoms with Crippen LogP contribution in [0.1, 0.15) is 15.9 Å². The second-order valence-corrected chi connectivity index (χ2v) is 5.34. The maximum absolute atomic E-state index is 12.2. The fourth-order valence-electron chi connectivity index (χ4n) is 1.81. The number of aromatic hydroxyl groups is 1. The van der Waals surface area contributed by atoms with Crippen molar-refractivity contribution in [1.82, 2.24) is 0 Å². The fraction of sp³-hybridized carbons (Fsp3) is 0.0588. The lowest BCUT2D eigenvalue weighted by Crippen LogP contribution is -2.29. The standard InChI is InChI=1S/C17H11ClF3NO3/c18-13-9-10(2-8-15(13)24)1-7-14(23)11-3-5-12(6-4-11)22-16(25)17(19,20)21/h1-9,24H,(H,22,25). The Kier molecular flexibility index (Phi) is 5.48. The van der Waals surface area contributed by atoms with Crippen LogP contribution >= 0.6 is 11.6 Å². The summed E-state index contributed by atoms with van der Waals surface area (Å²) in [6.07, 6.45) is -2.25. The minimum absolute atomic E-state index is 0.0758. The number of benzene rings is 2. The maximum Gasteiger partial charge on any atom is 0.471 e. The Morgan fingerprint density at radius 1 is 1.08 bits per heavy atom. The molecule has 0 fully saturated rings. The Balaban J connectivity index is 2.06. The van der Waals surface area contributed by atoms with Crippen molar-refractivity contribution in [2.24, 2.45) is 0 Å². The molecule has 2 rings (SSSR count). The lowest BCUT2D eigenvalue weighted by atomic mass is 10.1. The number of alkyl halides is 3. The van der Waals surface area contributed by atoms with Gasteiger partial charge in [0, 0.05) is 11.3 Å². The van der Waals surface area contributed by atoms with Crippen molar-refractivity contribution in [3.8, 4) is 5.75 Å². The van der Waals surface area contributed by atoms with Crippen LogP contribution in [0, 0.1) is 0 Å². The first-order valence-electron chi connectivity index (χ1n) is 6.86. The molecule has 0 atom stereocenters. The second kappa shape index (κ2) is 7.40. The van der Waals surface area contributed by atoms with E-state index in [1.807, 2.05) is 0 Å². The van der Waals surface area contributed by atoms with Gasteiger partial charge < -0.3 is 10.4 Å². The largest absolute Gasteiger partial charge is 0.506 e. The average Bonchev–Trinajstić information content (AvgIpc) is 2.55. The van der Waals surface area contributed by atoms with E-state index >= 15 is 0 Å². The molecular weight excluding hydrogens is 359 g/mol. The smallest absolute Gasteiger partial charge is 0.471 e. The minimum Gasteiger partial charge on any atom is -0.506 e. The monoisotopic (exact) mass is 369 g/mol. The number of halogens is 4. The highest BCUT2D eigenvalue weighted by Crippen LogP contribution is 2.24. The lowest BCUT2D eigenvalue weighted by Gasteiger charge is -2.07. The van der Waals surface area contributed by atoms with Crippen molar-refractivity contribution in [2.45, 2.75) is 6.18 Å². The Morgan fingerprint density at radius 3 is 2.28 bits per heavy atom. The van der Waals surface area contributed by atoms with Crippen LogP contribution in [0.4, 0.5) is 18.9 Å². The highest BCUT2D eigenvalue weighted by molar-refractivity contribution is 6.32. The number of hydrogen-bond donors (Lipinski definition) is 2. The van der Waals surface area contributed by atoms with E-state index in [0.29, 0.717) is 5.56 Å². The summed E-state index contributed by atoms with van der Waals surface area (Å²) in [5, 5.41) is 11.1. The van der Waals surface area contributed by atoms with Gasteiger partial charge in [-0.05, 0) is 48.0 Å². The van der Waals surface area contributed by atoms with Crippen molar-refractivity contribution >= 4 is 35.1 Å². The van der Waals surface area contributed by atoms with E-state index in [1.54, 1.807) is 11.4 Å². The van der Waals surface area contributed by atoms with E-state index in [2.05, 4.69) is 0 Å². The number of phenolic OH excluding ortho intramolecular Hbond substituents is 1. The third-order valence-electron chi connectivity index (χ3n) is 3.08. The van der Waals surface area contributed by atoms with Gasteiger partial charge in [-0.2, -0.15) is 13.2 Å². The molecule has 0 saturated carbocycles. The fourth-order valence-corrected chi connectivity index (χ4v) is 2.00. The van der Waals surface area contributed by atoms with E-state index < -0.39 is 17.9 Å². The summed E-state index contributed by atoms with van der Waals surface area (Å²) in [5.41, 5.74) is 0.740. The molecule has 130 valence electrons. The Morgan fingerprint density at radius 2 is 1.72 bits per heavy atom. The van der Waals surface area contributed by atoms with Crippen molar-refractivity contribution in [3.63, 3.8) is 0 Å². The Bertz CT molecular complexity index is 830. The topological polar surface area (TPSA) is 66.4 Å². The Hall–Kier alpha value is -2.80. The van der Waals surface area contributed by atoms with Crippen molar-refractivity contribution in [1.29, 1.82) is 0 Å². The number of anilines is 1. The molecule has 8 heteroatoms. The van der Waals surface area contributed by atoms with Crippen LogP contribution in [0.25, 0.3) is 6.08 Å². The molecule has 2 aromatic rings. The Labute approximate surface area is 145 Å². The number of carbonyl (C=O) groups is 2. The summed E-state index contributed by atoms with van der Waals surface area (Å²) in [6.45, 7) is 0. The molecular formula is C17H11ClF3NO3. The van der Waals surface area contributed by atoms with Gasteiger partial charge in [-0.15, -0.1) is 0 Å². The summed E-state index contributed by atoms with van der Waals surface area (Å²) in [7, 11) is 0. The number of hydrogen-bond acceptors (Lipinski definition) is 3. The molecule has 2 N–H and O–H groups in total. The molecule has 4 nitrogen and oxygen atoms in total. The number of nitrogens with one attached hydrogen (secondary N) is 1. The van der Waals surface area contributed by atoms with E-state index in [0.717, 1.165) is 0 Å². The molecule has 25 heavy (non-hydrogen) atoms. The summed E-state index contributed by atoms with van der Waals surface area (Å²) in [5.74, 6) is -2.56. The van der Waals surface area contributed by atoms with Gasteiger partial charge in [-0.25, -0.2) is 0 Å². The van der Waals surface area contributed by atoms with Gasteiger partial charge in [0.05, 0.1) is 5.02 Å². The molecule has 1 amide bonds. The SMILES string of the molecule is O=C(C=Cc1ccc(O)c(Cl)c1)c1ccc(NC(=O)C(F)(F)F)cc1. The van der Waals surface area contributed by atoms with Crippen molar-refractivity contribution in [3.05, 3.63) is 64.7 Å². The number of phenols is 1. The zero-order valence-electron chi connectivity index (χ0n) is 12.5. The van der Waals surface area contributed by atoms with E-state index in [4.69, 9.17) is 11.6 Å². The first-order valence-corrected chi connectivity index (χ1v) is 7.24. The molecule has 0 saturated heterocycles. The van der Waals surface area contributed by atoms with Crippen LogP contribution in [0.15, 0.2) is 48.5 Å². The number of ketones is 1. The summed E-state index contributed by atoms with van der Waals surface area (Å²) >= 11 is 5.75. The number of amides is 1.